The summed E-state index contributed by atoms with van der Waals surface area (Å²) < 4.78 is 8.56. The highest BCUT2D eigenvalue weighted by atomic mass is 79.9. The van der Waals surface area contributed by atoms with Crippen LogP contribution in [0.1, 0.15) is 37.5 Å². The number of hydrogen-bond acceptors (Lipinski definition) is 2. The fourth-order valence-corrected chi connectivity index (χ4v) is 2.83. The van der Waals surface area contributed by atoms with E-state index in [1.165, 1.54) is 0 Å². The highest BCUT2D eigenvalue weighted by molar-refractivity contribution is 9.10. The molecule has 2 atom stereocenters. The van der Waals surface area contributed by atoms with Crippen LogP contribution in [0.2, 0.25) is 0 Å². The standard InChI is InChI=1S/C14H18BrClN2O/c1-4-11(8-19-3)18-13-6-5-10(15)7-12(13)17-14(18)9(2)16/h5-7,9,11H,4,8H2,1-3H3. The predicted molar refractivity (Wildman–Crippen MR) is 82.9 cm³/mol. The van der Waals surface area contributed by atoms with Crippen LogP contribution in [-0.4, -0.2) is 23.3 Å². The number of benzene rings is 1. The highest BCUT2D eigenvalue weighted by Gasteiger charge is 2.20. The van der Waals surface area contributed by atoms with Crippen molar-refractivity contribution in [2.75, 3.05) is 13.7 Å². The fourth-order valence-electron chi connectivity index (χ4n) is 2.32. The average molecular weight is 346 g/mol. The molecule has 5 heteroatoms. The lowest BCUT2D eigenvalue weighted by atomic mass is 10.2. The second-order valence-corrected chi connectivity index (χ2v) is 6.18. The van der Waals surface area contributed by atoms with E-state index >= 15 is 0 Å². The highest BCUT2D eigenvalue weighted by Crippen LogP contribution is 2.30. The third-order valence-electron chi connectivity index (χ3n) is 3.23. The summed E-state index contributed by atoms with van der Waals surface area (Å²) in [6.07, 6.45) is 0.978. The van der Waals surface area contributed by atoms with Gasteiger partial charge in [-0.15, -0.1) is 11.6 Å². The molecule has 0 amide bonds. The van der Waals surface area contributed by atoms with Crippen LogP contribution >= 0.6 is 27.5 Å². The van der Waals surface area contributed by atoms with Crippen LogP contribution in [0.3, 0.4) is 0 Å². The van der Waals surface area contributed by atoms with Crippen LogP contribution in [0.5, 0.6) is 0 Å². The van der Waals surface area contributed by atoms with E-state index in [4.69, 9.17) is 16.3 Å². The van der Waals surface area contributed by atoms with Gasteiger partial charge in [0, 0.05) is 11.6 Å². The number of halogens is 2. The second-order valence-electron chi connectivity index (χ2n) is 4.61. The minimum Gasteiger partial charge on any atom is -0.383 e. The van der Waals surface area contributed by atoms with Gasteiger partial charge in [-0.05, 0) is 31.5 Å². The van der Waals surface area contributed by atoms with E-state index in [0.29, 0.717) is 6.61 Å². The Bertz CT molecular complexity index is 568. The monoisotopic (exact) mass is 344 g/mol. The number of imidazole rings is 1. The molecular formula is C14H18BrClN2O. The molecule has 0 aliphatic carbocycles. The molecule has 0 aliphatic heterocycles. The summed E-state index contributed by atoms with van der Waals surface area (Å²) >= 11 is 9.77. The Balaban J connectivity index is 2.63. The van der Waals surface area contributed by atoms with E-state index in [1.54, 1.807) is 7.11 Å². The van der Waals surface area contributed by atoms with Crippen molar-refractivity contribution in [2.45, 2.75) is 31.7 Å². The van der Waals surface area contributed by atoms with Crippen molar-refractivity contribution in [3.05, 3.63) is 28.5 Å². The van der Waals surface area contributed by atoms with Gasteiger partial charge < -0.3 is 9.30 Å². The Morgan fingerprint density at radius 1 is 1.47 bits per heavy atom. The van der Waals surface area contributed by atoms with Crippen LogP contribution in [-0.2, 0) is 4.74 Å². The number of methoxy groups -OCH3 is 1. The lowest BCUT2D eigenvalue weighted by Crippen LogP contribution is -2.16. The topological polar surface area (TPSA) is 27.1 Å². The van der Waals surface area contributed by atoms with Crippen LogP contribution < -0.4 is 0 Å². The zero-order valence-electron chi connectivity index (χ0n) is 11.4. The third-order valence-corrected chi connectivity index (χ3v) is 3.92. The fraction of sp³-hybridized carbons (Fsp3) is 0.500. The minimum absolute atomic E-state index is 0.128. The van der Waals surface area contributed by atoms with E-state index in [9.17, 15) is 0 Å². The third kappa shape index (κ3) is 2.96. The van der Waals surface area contributed by atoms with Crippen molar-refractivity contribution in [2.24, 2.45) is 0 Å². The molecule has 0 fully saturated rings. The number of hydrogen-bond donors (Lipinski definition) is 0. The average Bonchev–Trinajstić information content (AvgIpc) is 2.74. The maximum atomic E-state index is 6.28. The minimum atomic E-state index is -0.128. The van der Waals surface area contributed by atoms with E-state index in [1.807, 2.05) is 19.1 Å². The Morgan fingerprint density at radius 3 is 2.79 bits per heavy atom. The van der Waals surface area contributed by atoms with Crippen molar-refractivity contribution in [1.82, 2.24) is 9.55 Å². The zero-order valence-corrected chi connectivity index (χ0v) is 13.7. The van der Waals surface area contributed by atoms with E-state index < -0.39 is 0 Å². The number of fused-ring (bicyclic) bond motifs is 1. The molecule has 0 radical (unpaired) electrons. The van der Waals surface area contributed by atoms with E-state index in [-0.39, 0.29) is 11.4 Å². The molecule has 1 heterocycles. The summed E-state index contributed by atoms with van der Waals surface area (Å²) in [5, 5.41) is -0.128. The summed E-state index contributed by atoms with van der Waals surface area (Å²) in [6.45, 7) is 4.76. The Labute approximate surface area is 127 Å². The quantitative estimate of drug-likeness (QED) is 0.735. The Morgan fingerprint density at radius 2 is 2.21 bits per heavy atom. The molecule has 0 aliphatic rings. The molecule has 0 saturated heterocycles. The van der Waals surface area contributed by atoms with Gasteiger partial charge in [-0.25, -0.2) is 4.98 Å². The summed E-state index contributed by atoms with van der Waals surface area (Å²) in [6, 6.07) is 6.39. The number of nitrogens with zero attached hydrogens (tertiary/aromatic N) is 2. The number of alkyl halides is 1. The molecule has 2 rings (SSSR count). The predicted octanol–water partition coefficient (Wildman–Crippen LogP) is 4.70. The summed E-state index contributed by atoms with van der Waals surface area (Å²) in [5.41, 5.74) is 2.07. The molecule has 3 nitrogen and oxygen atoms in total. The molecule has 1 aromatic carbocycles. The molecule has 0 spiro atoms. The first-order chi connectivity index (χ1) is 9.08. The number of ether oxygens (including phenoxy) is 1. The Kier molecular flexibility index (Phi) is 4.87. The molecule has 0 N–H and O–H groups in total. The molecule has 19 heavy (non-hydrogen) atoms. The van der Waals surface area contributed by atoms with Crippen molar-refractivity contribution in [3.8, 4) is 0 Å². The van der Waals surface area contributed by atoms with Crippen LogP contribution in [0.4, 0.5) is 0 Å². The molecule has 2 aromatic rings. The first-order valence-electron chi connectivity index (χ1n) is 6.38. The van der Waals surface area contributed by atoms with Gasteiger partial charge in [-0.3, -0.25) is 0 Å². The lowest BCUT2D eigenvalue weighted by molar-refractivity contribution is 0.153. The van der Waals surface area contributed by atoms with Crippen LogP contribution in [0.25, 0.3) is 11.0 Å². The molecule has 104 valence electrons. The van der Waals surface area contributed by atoms with Crippen molar-refractivity contribution in [1.29, 1.82) is 0 Å². The zero-order chi connectivity index (χ0) is 14.0. The van der Waals surface area contributed by atoms with Gasteiger partial charge in [0.2, 0.25) is 0 Å². The van der Waals surface area contributed by atoms with Crippen molar-refractivity contribution < 1.29 is 4.74 Å². The van der Waals surface area contributed by atoms with Gasteiger partial charge in [0.25, 0.3) is 0 Å². The number of rotatable bonds is 5. The summed E-state index contributed by atoms with van der Waals surface area (Å²) in [7, 11) is 1.72. The molecule has 2 unspecified atom stereocenters. The first kappa shape index (κ1) is 14.8. The summed E-state index contributed by atoms with van der Waals surface area (Å²) in [4.78, 5) is 4.67. The first-order valence-corrected chi connectivity index (χ1v) is 7.61. The van der Waals surface area contributed by atoms with Gasteiger partial charge in [0.05, 0.1) is 29.1 Å². The van der Waals surface area contributed by atoms with Crippen LogP contribution in [0, 0.1) is 0 Å². The molecule has 0 saturated carbocycles. The van der Waals surface area contributed by atoms with Gasteiger partial charge in [-0.1, -0.05) is 22.9 Å². The molecule has 0 bridgehead atoms. The summed E-state index contributed by atoms with van der Waals surface area (Å²) in [5.74, 6) is 0.902. The van der Waals surface area contributed by atoms with Gasteiger partial charge >= 0.3 is 0 Å². The SMILES string of the molecule is CCC(COC)n1c(C(C)Cl)nc2cc(Br)ccc21. The van der Waals surface area contributed by atoms with Gasteiger partial charge in [0.15, 0.2) is 0 Å². The maximum absolute atomic E-state index is 6.28. The number of aromatic nitrogens is 2. The van der Waals surface area contributed by atoms with Gasteiger partial charge in [-0.2, -0.15) is 0 Å². The van der Waals surface area contributed by atoms with Crippen LogP contribution in [0.15, 0.2) is 22.7 Å². The van der Waals surface area contributed by atoms with E-state index in [0.717, 1.165) is 27.8 Å². The van der Waals surface area contributed by atoms with Crippen molar-refractivity contribution in [3.63, 3.8) is 0 Å². The maximum Gasteiger partial charge on any atom is 0.128 e. The van der Waals surface area contributed by atoms with E-state index in [2.05, 4.69) is 38.5 Å². The molecular weight excluding hydrogens is 328 g/mol. The van der Waals surface area contributed by atoms with Crippen molar-refractivity contribution >= 4 is 38.6 Å². The largest absolute Gasteiger partial charge is 0.383 e. The normalized spacial score (nSPS) is 14.8. The molecule has 1 aromatic heterocycles. The lowest BCUT2D eigenvalue weighted by Gasteiger charge is -2.20. The second kappa shape index (κ2) is 6.25. The Hall–Kier alpha value is -0.580. The van der Waals surface area contributed by atoms with Gasteiger partial charge in [0.1, 0.15) is 5.82 Å². The smallest absolute Gasteiger partial charge is 0.128 e.